The molecule has 0 saturated heterocycles. The Kier molecular flexibility index (Phi) is 4.46. The molecular formula is C18H20N2O3. The van der Waals surface area contributed by atoms with Crippen molar-refractivity contribution in [1.29, 1.82) is 0 Å². The van der Waals surface area contributed by atoms with Crippen molar-refractivity contribution in [2.75, 3.05) is 13.1 Å². The van der Waals surface area contributed by atoms with Crippen molar-refractivity contribution >= 4 is 11.8 Å². The van der Waals surface area contributed by atoms with Crippen molar-refractivity contribution < 1.29 is 14.0 Å². The van der Waals surface area contributed by atoms with Gasteiger partial charge in [0.15, 0.2) is 0 Å². The van der Waals surface area contributed by atoms with Gasteiger partial charge >= 0.3 is 0 Å². The van der Waals surface area contributed by atoms with Gasteiger partial charge in [0.1, 0.15) is 12.3 Å². The number of benzene rings is 1. The molecule has 0 fully saturated rings. The molecule has 23 heavy (non-hydrogen) atoms. The fourth-order valence-corrected chi connectivity index (χ4v) is 2.84. The number of rotatable bonds is 4. The monoisotopic (exact) mass is 312 g/mol. The lowest BCUT2D eigenvalue weighted by Gasteiger charge is -2.31. The van der Waals surface area contributed by atoms with Crippen molar-refractivity contribution in [3.8, 4) is 0 Å². The molecule has 120 valence electrons. The summed E-state index contributed by atoms with van der Waals surface area (Å²) in [6, 6.07) is 11.8. The van der Waals surface area contributed by atoms with Crippen LogP contribution in [0.2, 0.25) is 0 Å². The quantitative estimate of drug-likeness (QED) is 0.870. The standard InChI is InChI=1S/C18H20N2O3/c1-14(21)20(12-17-7-4-10-23-17)13-18(22)19-9-8-15-5-2-3-6-16(15)11-19/h2-7,10H,8-9,11-13H2,1H3. The molecule has 5 heteroatoms. The molecule has 2 heterocycles. The van der Waals surface area contributed by atoms with E-state index in [0.717, 1.165) is 6.42 Å². The summed E-state index contributed by atoms with van der Waals surface area (Å²) >= 11 is 0. The van der Waals surface area contributed by atoms with Crippen LogP contribution in [0.25, 0.3) is 0 Å². The zero-order chi connectivity index (χ0) is 16.2. The predicted octanol–water partition coefficient (Wildman–Crippen LogP) is 2.21. The summed E-state index contributed by atoms with van der Waals surface area (Å²) in [5.41, 5.74) is 2.49. The van der Waals surface area contributed by atoms with Gasteiger partial charge < -0.3 is 14.2 Å². The van der Waals surface area contributed by atoms with Crippen LogP contribution < -0.4 is 0 Å². The molecular weight excluding hydrogens is 292 g/mol. The lowest BCUT2D eigenvalue weighted by molar-refractivity contribution is -0.140. The highest BCUT2D eigenvalue weighted by Crippen LogP contribution is 2.19. The first-order chi connectivity index (χ1) is 11.1. The first-order valence-corrected chi connectivity index (χ1v) is 7.76. The van der Waals surface area contributed by atoms with Gasteiger partial charge in [-0.05, 0) is 29.7 Å². The summed E-state index contributed by atoms with van der Waals surface area (Å²) in [5, 5.41) is 0. The zero-order valence-electron chi connectivity index (χ0n) is 13.2. The zero-order valence-corrected chi connectivity index (χ0v) is 13.2. The highest BCUT2D eigenvalue weighted by atomic mass is 16.3. The molecule has 1 aliphatic heterocycles. The highest BCUT2D eigenvalue weighted by Gasteiger charge is 2.23. The van der Waals surface area contributed by atoms with Crippen LogP contribution in [0.15, 0.2) is 47.1 Å². The molecule has 0 spiro atoms. The molecule has 3 rings (SSSR count). The van der Waals surface area contributed by atoms with Crippen LogP contribution in [0.4, 0.5) is 0 Å². The summed E-state index contributed by atoms with van der Waals surface area (Å²) in [7, 11) is 0. The lowest BCUT2D eigenvalue weighted by atomic mass is 10.00. The van der Waals surface area contributed by atoms with E-state index >= 15 is 0 Å². The van der Waals surface area contributed by atoms with Crippen molar-refractivity contribution in [2.45, 2.75) is 26.4 Å². The Morgan fingerprint density at radius 1 is 1.17 bits per heavy atom. The topological polar surface area (TPSA) is 53.8 Å². The van der Waals surface area contributed by atoms with Crippen LogP contribution in [-0.2, 0) is 29.1 Å². The fraction of sp³-hybridized carbons (Fsp3) is 0.333. The SMILES string of the molecule is CC(=O)N(CC(=O)N1CCc2ccccc2C1)Cc1ccco1. The Hall–Kier alpha value is -2.56. The molecule has 0 unspecified atom stereocenters. The summed E-state index contributed by atoms with van der Waals surface area (Å²) in [6.07, 6.45) is 2.43. The van der Waals surface area contributed by atoms with Gasteiger partial charge in [-0.15, -0.1) is 0 Å². The first kappa shape index (κ1) is 15.3. The molecule has 1 aromatic heterocycles. The van der Waals surface area contributed by atoms with Crippen molar-refractivity contribution in [2.24, 2.45) is 0 Å². The van der Waals surface area contributed by atoms with Gasteiger partial charge in [0.25, 0.3) is 0 Å². The Labute approximate surface area is 135 Å². The van der Waals surface area contributed by atoms with Crippen LogP contribution in [-0.4, -0.2) is 34.7 Å². The van der Waals surface area contributed by atoms with Crippen LogP contribution in [0, 0.1) is 0 Å². The van der Waals surface area contributed by atoms with E-state index in [1.165, 1.54) is 23.0 Å². The van der Waals surface area contributed by atoms with E-state index < -0.39 is 0 Å². The molecule has 2 aromatic rings. The van der Waals surface area contributed by atoms with E-state index in [1.807, 2.05) is 17.0 Å². The maximum atomic E-state index is 12.6. The number of nitrogens with zero attached hydrogens (tertiary/aromatic N) is 2. The smallest absolute Gasteiger partial charge is 0.242 e. The van der Waals surface area contributed by atoms with Crippen LogP contribution in [0.5, 0.6) is 0 Å². The van der Waals surface area contributed by atoms with Gasteiger partial charge in [0.2, 0.25) is 11.8 Å². The normalized spacial score (nSPS) is 13.5. The molecule has 0 radical (unpaired) electrons. The van der Waals surface area contributed by atoms with Gasteiger partial charge in [-0.3, -0.25) is 9.59 Å². The Bertz CT molecular complexity index is 694. The molecule has 0 saturated carbocycles. The van der Waals surface area contributed by atoms with Crippen LogP contribution >= 0.6 is 0 Å². The number of carbonyl (C=O) groups excluding carboxylic acids is 2. The van der Waals surface area contributed by atoms with Gasteiger partial charge in [-0.2, -0.15) is 0 Å². The second kappa shape index (κ2) is 6.69. The van der Waals surface area contributed by atoms with E-state index in [9.17, 15) is 9.59 Å². The van der Waals surface area contributed by atoms with Crippen LogP contribution in [0.1, 0.15) is 23.8 Å². The third kappa shape index (κ3) is 3.62. The Morgan fingerprint density at radius 2 is 1.96 bits per heavy atom. The van der Waals surface area contributed by atoms with Gasteiger partial charge in [0, 0.05) is 20.0 Å². The van der Waals surface area contributed by atoms with Gasteiger partial charge in [0.05, 0.1) is 12.8 Å². The summed E-state index contributed by atoms with van der Waals surface area (Å²) in [5.74, 6) is 0.519. The van der Waals surface area contributed by atoms with Crippen LogP contribution in [0.3, 0.4) is 0 Å². The van der Waals surface area contributed by atoms with Gasteiger partial charge in [-0.1, -0.05) is 24.3 Å². The largest absolute Gasteiger partial charge is 0.467 e. The average molecular weight is 312 g/mol. The molecule has 0 N–H and O–H groups in total. The molecule has 1 aliphatic rings. The highest BCUT2D eigenvalue weighted by molar-refractivity contribution is 5.84. The lowest BCUT2D eigenvalue weighted by Crippen LogP contribution is -2.43. The maximum Gasteiger partial charge on any atom is 0.242 e. The third-order valence-electron chi connectivity index (χ3n) is 4.18. The molecule has 0 bridgehead atoms. The van der Waals surface area contributed by atoms with Crippen molar-refractivity contribution in [3.05, 3.63) is 59.5 Å². The van der Waals surface area contributed by atoms with E-state index in [2.05, 4.69) is 12.1 Å². The Balaban J connectivity index is 1.64. The van der Waals surface area contributed by atoms with Crippen molar-refractivity contribution in [1.82, 2.24) is 9.80 Å². The molecule has 5 nitrogen and oxygen atoms in total. The number of fused-ring (bicyclic) bond motifs is 1. The van der Waals surface area contributed by atoms with E-state index in [0.29, 0.717) is 25.4 Å². The predicted molar refractivity (Wildman–Crippen MR) is 85.4 cm³/mol. The fourth-order valence-electron chi connectivity index (χ4n) is 2.84. The summed E-state index contributed by atoms with van der Waals surface area (Å²) in [4.78, 5) is 27.7. The van der Waals surface area contributed by atoms with E-state index in [-0.39, 0.29) is 18.4 Å². The number of furan rings is 1. The molecule has 0 aliphatic carbocycles. The number of carbonyl (C=O) groups is 2. The number of amides is 2. The minimum absolute atomic E-state index is 0.0266. The minimum Gasteiger partial charge on any atom is -0.467 e. The van der Waals surface area contributed by atoms with Gasteiger partial charge in [-0.25, -0.2) is 0 Å². The third-order valence-corrected chi connectivity index (χ3v) is 4.18. The number of hydrogen-bond acceptors (Lipinski definition) is 3. The summed E-state index contributed by atoms with van der Waals surface area (Å²) in [6.45, 7) is 3.18. The average Bonchev–Trinajstić information content (AvgIpc) is 3.06. The van der Waals surface area contributed by atoms with E-state index in [1.54, 1.807) is 18.4 Å². The van der Waals surface area contributed by atoms with E-state index in [4.69, 9.17) is 4.42 Å². The molecule has 2 amide bonds. The second-order valence-corrected chi connectivity index (χ2v) is 5.79. The molecule has 1 aromatic carbocycles. The maximum absolute atomic E-state index is 12.6. The second-order valence-electron chi connectivity index (χ2n) is 5.79. The summed E-state index contributed by atoms with van der Waals surface area (Å²) < 4.78 is 5.27. The first-order valence-electron chi connectivity index (χ1n) is 7.76. The number of hydrogen-bond donors (Lipinski definition) is 0. The minimum atomic E-state index is -0.132. The Morgan fingerprint density at radius 3 is 2.65 bits per heavy atom. The van der Waals surface area contributed by atoms with Crippen molar-refractivity contribution in [3.63, 3.8) is 0 Å². The molecule has 0 atom stereocenters.